The molecule has 1 saturated heterocycles. The second kappa shape index (κ2) is 10.0. The molecule has 2 N–H and O–H groups in total. The fourth-order valence-electron chi connectivity index (χ4n) is 4.97. The van der Waals surface area contributed by atoms with Crippen LogP contribution in [0.15, 0.2) is 34.4 Å². The van der Waals surface area contributed by atoms with Gasteiger partial charge in [0.25, 0.3) is 11.5 Å². The van der Waals surface area contributed by atoms with E-state index in [0.29, 0.717) is 16.0 Å². The van der Waals surface area contributed by atoms with Crippen molar-refractivity contribution in [1.82, 2.24) is 20.2 Å². The van der Waals surface area contributed by atoms with Gasteiger partial charge in [0.15, 0.2) is 0 Å². The number of piperidine rings is 1. The summed E-state index contributed by atoms with van der Waals surface area (Å²) in [7, 11) is 0. The van der Waals surface area contributed by atoms with Gasteiger partial charge in [0.1, 0.15) is 11.9 Å². The highest BCUT2D eigenvalue weighted by atomic mass is 32.1. The Balaban J connectivity index is 1.27. The highest BCUT2D eigenvalue weighted by Crippen LogP contribution is 2.51. The number of halogens is 3. The molecular weight excluding hydrogens is 537 g/mol. The minimum atomic E-state index is -4.23. The Hall–Kier alpha value is -3.87. The third kappa shape index (κ3) is 5.35. The maximum atomic E-state index is 13.2. The van der Waals surface area contributed by atoms with Gasteiger partial charge in [0, 0.05) is 17.4 Å². The summed E-state index contributed by atoms with van der Waals surface area (Å²) in [5, 5.41) is 6.56. The molecule has 2 aromatic heterocycles. The molecule has 1 aliphatic carbocycles. The molecule has 3 heterocycles. The minimum Gasteiger partial charge on any atom is -0.344 e. The van der Waals surface area contributed by atoms with E-state index in [1.165, 1.54) is 22.8 Å². The highest BCUT2D eigenvalue weighted by molar-refractivity contribution is 7.11. The Morgan fingerprint density at radius 2 is 2.00 bits per heavy atom. The Labute approximate surface area is 223 Å². The number of carbonyl (C=O) groups is 4. The fourth-order valence-corrected chi connectivity index (χ4v) is 5.86. The monoisotopic (exact) mass is 560 g/mol. The molecule has 204 valence electrons. The maximum Gasteiger partial charge on any atom is 0.392 e. The summed E-state index contributed by atoms with van der Waals surface area (Å²) >= 11 is 1.16. The van der Waals surface area contributed by atoms with Gasteiger partial charge in [-0.3, -0.25) is 33.9 Å². The lowest BCUT2D eigenvalue weighted by Crippen LogP contribution is -2.45. The van der Waals surface area contributed by atoms with Gasteiger partial charge in [0.2, 0.25) is 17.6 Å². The molecule has 2 aliphatic rings. The summed E-state index contributed by atoms with van der Waals surface area (Å²) in [6.07, 6.45) is -3.71. The van der Waals surface area contributed by atoms with Crippen LogP contribution in [0.3, 0.4) is 0 Å². The Morgan fingerprint density at radius 1 is 1.23 bits per heavy atom. The average molecular weight is 561 g/mol. The van der Waals surface area contributed by atoms with Gasteiger partial charge < -0.3 is 5.32 Å². The van der Waals surface area contributed by atoms with E-state index < -0.39 is 53.1 Å². The van der Waals surface area contributed by atoms with E-state index in [1.807, 2.05) is 0 Å². The van der Waals surface area contributed by atoms with Crippen LogP contribution in [0.5, 0.6) is 0 Å². The van der Waals surface area contributed by atoms with Gasteiger partial charge >= 0.3 is 6.18 Å². The predicted molar refractivity (Wildman–Crippen MR) is 134 cm³/mol. The maximum absolute atomic E-state index is 13.2. The number of thiophene rings is 1. The van der Waals surface area contributed by atoms with E-state index in [-0.39, 0.29) is 49.0 Å². The third-order valence-electron chi connectivity index (χ3n) is 7.08. The van der Waals surface area contributed by atoms with Crippen LogP contribution in [0.1, 0.15) is 51.9 Å². The molecule has 1 aliphatic heterocycles. The number of alkyl halides is 3. The number of nitrogens with one attached hydrogen (secondary N) is 2. The molecule has 13 heteroatoms. The van der Waals surface area contributed by atoms with Crippen LogP contribution in [0.25, 0.3) is 10.9 Å². The average Bonchev–Trinajstić information content (AvgIpc) is 3.54. The van der Waals surface area contributed by atoms with Gasteiger partial charge in [-0.05, 0) is 43.7 Å². The zero-order valence-electron chi connectivity index (χ0n) is 20.6. The molecule has 3 aromatic rings. The summed E-state index contributed by atoms with van der Waals surface area (Å²) in [5.41, 5.74) is 0.523. The van der Waals surface area contributed by atoms with Crippen molar-refractivity contribution in [2.45, 2.75) is 51.4 Å². The molecule has 3 amide bonds. The van der Waals surface area contributed by atoms with Crippen molar-refractivity contribution in [3.63, 3.8) is 0 Å². The first-order chi connectivity index (χ1) is 18.4. The van der Waals surface area contributed by atoms with Crippen molar-refractivity contribution in [2.75, 3.05) is 0 Å². The Kier molecular flexibility index (Phi) is 6.87. The Morgan fingerprint density at radius 3 is 2.69 bits per heavy atom. The number of aromatic nitrogens is 2. The van der Waals surface area contributed by atoms with Crippen molar-refractivity contribution in [3.05, 3.63) is 61.8 Å². The number of ketones is 1. The lowest BCUT2D eigenvalue weighted by atomic mass is 10.0. The quantitative estimate of drug-likeness (QED) is 0.260. The van der Waals surface area contributed by atoms with Gasteiger partial charge in [-0.2, -0.15) is 13.2 Å². The number of rotatable bonds is 7. The predicted octanol–water partition coefficient (Wildman–Crippen LogP) is 2.98. The highest BCUT2D eigenvalue weighted by Gasteiger charge is 2.55. The van der Waals surface area contributed by atoms with Crippen molar-refractivity contribution in [3.8, 4) is 0 Å². The second-order valence-electron chi connectivity index (χ2n) is 9.78. The van der Waals surface area contributed by atoms with Crippen LogP contribution < -0.4 is 16.2 Å². The molecule has 39 heavy (non-hydrogen) atoms. The summed E-state index contributed by atoms with van der Waals surface area (Å²) in [4.78, 5) is 67.2. The van der Waals surface area contributed by atoms with Crippen LogP contribution in [-0.4, -0.2) is 39.2 Å². The SMILES string of the molecule is Cc1nc2c(CNC(=O)C(=O)c3cccc(CC4CC4C(F)(F)F)c3)scc2c(=O)n1C1CCC(=O)NC1=O. The largest absolute Gasteiger partial charge is 0.392 e. The number of carbonyl (C=O) groups excluding carboxylic acids is 4. The molecular formula is C26H23F3N4O5S. The topological polar surface area (TPSA) is 127 Å². The number of benzene rings is 1. The number of amides is 3. The van der Waals surface area contributed by atoms with Crippen molar-refractivity contribution in [2.24, 2.45) is 11.8 Å². The number of Topliss-reactive ketones (excluding diaryl/α,β-unsaturated/α-hetero) is 1. The number of nitrogens with zero attached hydrogens (tertiary/aromatic N) is 2. The minimum absolute atomic E-state index is 0.0586. The van der Waals surface area contributed by atoms with Gasteiger partial charge in [0.05, 0.1) is 28.2 Å². The van der Waals surface area contributed by atoms with Crippen molar-refractivity contribution >= 4 is 45.7 Å². The van der Waals surface area contributed by atoms with E-state index in [0.717, 1.165) is 11.3 Å². The van der Waals surface area contributed by atoms with E-state index in [4.69, 9.17) is 0 Å². The normalized spacial score (nSPS) is 21.1. The standard InChI is InChI=1S/C26H23F3N4O5S/c1-12-31-21-16(25(38)33(12)18-5-6-20(34)32-23(18)36)11-39-19(21)10-30-24(37)22(35)14-4-2-3-13(7-14)8-15-9-17(15)26(27,28)29/h2-4,7,11,15,17-18H,5-6,8-10H2,1H3,(H,30,37)(H,32,34,36). The number of fused-ring (bicyclic) bond motifs is 1. The van der Waals surface area contributed by atoms with E-state index in [1.54, 1.807) is 18.4 Å². The molecule has 1 aromatic carbocycles. The van der Waals surface area contributed by atoms with Crippen LogP contribution in [0.2, 0.25) is 0 Å². The van der Waals surface area contributed by atoms with Crippen molar-refractivity contribution in [1.29, 1.82) is 0 Å². The van der Waals surface area contributed by atoms with Crippen LogP contribution in [0, 0.1) is 18.8 Å². The zero-order valence-corrected chi connectivity index (χ0v) is 21.4. The zero-order chi connectivity index (χ0) is 28.1. The summed E-state index contributed by atoms with van der Waals surface area (Å²) in [6, 6.07) is 5.18. The molecule has 3 unspecified atom stereocenters. The summed E-state index contributed by atoms with van der Waals surface area (Å²) in [6.45, 7) is 1.49. The molecule has 9 nitrogen and oxygen atoms in total. The van der Waals surface area contributed by atoms with Crippen LogP contribution in [0.4, 0.5) is 13.2 Å². The summed E-state index contributed by atoms with van der Waals surface area (Å²) in [5.74, 6) is -4.28. The van der Waals surface area contributed by atoms with E-state index in [2.05, 4.69) is 15.6 Å². The fraction of sp³-hybridized carbons (Fsp3) is 0.385. The molecule has 1 saturated carbocycles. The Bertz CT molecular complexity index is 1580. The number of aryl methyl sites for hydroxylation is 1. The number of hydrogen-bond acceptors (Lipinski definition) is 7. The lowest BCUT2D eigenvalue weighted by Gasteiger charge is -2.24. The molecule has 3 atom stereocenters. The van der Waals surface area contributed by atoms with E-state index in [9.17, 15) is 37.1 Å². The van der Waals surface area contributed by atoms with Gasteiger partial charge in [-0.15, -0.1) is 11.3 Å². The van der Waals surface area contributed by atoms with Crippen molar-refractivity contribution < 1.29 is 32.3 Å². The smallest absolute Gasteiger partial charge is 0.344 e. The lowest BCUT2D eigenvalue weighted by molar-refractivity contribution is -0.151. The molecule has 2 fully saturated rings. The molecule has 0 spiro atoms. The molecule has 0 radical (unpaired) electrons. The second-order valence-corrected chi connectivity index (χ2v) is 10.7. The first kappa shape index (κ1) is 26.7. The van der Waals surface area contributed by atoms with Crippen LogP contribution in [-0.2, 0) is 27.3 Å². The third-order valence-corrected chi connectivity index (χ3v) is 8.05. The van der Waals surface area contributed by atoms with Crippen LogP contribution >= 0.6 is 11.3 Å². The van der Waals surface area contributed by atoms with E-state index >= 15 is 0 Å². The first-order valence-corrected chi connectivity index (χ1v) is 13.1. The molecule has 0 bridgehead atoms. The first-order valence-electron chi connectivity index (χ1n) is 12.2. The number of imide groups is 1. The van der Waals surface area contributed by atoms with Gasteiger partial charge in [-0.1, -0.05) is 18.2 Å². The number of hydrogen-bond donors (Lipinski definition) is 2. The molecule has 5 rings (SSSR count). The summed E-state index contributed by atoms with van der Waals surface area (Å²) < 4.78 is 39.7. The van der Waals surface area contributed by atoms with Gasteiger partial charge in [-0.25, -0.2) is 4.98 Å².